The molecule has 1 aliphatic heterocycles. The molecule has 0 bridgehead atoms. The number of benzene rings is 2. The third-order valence-corrected chi connectivity index (χ3v) is 5.16. The summed E-state index contributed by atoms with van der Waals surface area (Å²) in [5, 5.41) is 2.75. The topological polar surface area (TPSA) is 50.8 Å². The van der Waals surface area contributed by atoms with E-state index in [2.05, 4.69) is 27.1 Å². The summed E-state index contributed by atoms with van der Waals surface area (Å²) in [4.78, 5) is 14.8. The summed E-state index contributed by atoms with van der Waals surface area (Å²) in [6.07, 6.45) is -3.39. The van der Waals surface area contributed by atoms with Crippen LogP contribution in [0.5, 0.6) is 11.5 Å². The normalized spacial score (nSPS) is 15.6. The van der Waals surface area contributed by atoms with Gasteiger partial charge in [0.05, 0.1) is 7.11 Å². The van der Waals surface area contributed by atoms with E-state index in [0.717, 1.165) is 25.7 Å². The first-order valence-electron chi connectivity index (χ1n) is 9.80. The first-order valence-corrected chi connectivity index (χ1v) is 9.80. The van der Waals surface area contributed by atoms with Crippen molar-refractivity contribution in [2.75, 3.05) is 20.2 Å². The van der Waals surface area contributed by atoms with E-state index in [0.29, 0.717) is 12.8 Å². The van der Waals surface area contributed by atoms with Gasteiger partial charge < -0.3 is 14.8 Å². The Labute approximate surface area is 173 Å². The molecule has 0 radical (unpaired) electrons. The van der Waals surface area contributed by atoms with Gasteiger partial charge in [0.25, 0.3) is 0 Å². The van der Waals surface area contributed by atoms with E-state index in [-0.39, 0.29) is 35.4 Å². The molecule has 0 aromatic heterocycles. The Balaban J connectivity index is 1.52. The Morgan fingerprint density at radius 3 is 2.47 bits per heavy atom. The van der Waals surface area contributed by atoms with Crippen molar-refractivity contribution in [1.82, 2.24) is 10.2 Å². The van der Waals surface area contributed by atoms with E-state index in [1.165, 1.54) is 24.8 Å². The number of ether oxygens (including phenoxy) is 2. The number of hydrogen-bond donors (Lipinski definition) is 1. The van der Waals surface area contributed by atoms with Gasteiger partial charge in [-0.2, -0.15) is 0 Å². The number of methoxy groups -OCH3 is 1. The predicted octanol–water partition coefficient (Wildman–Crippen LogP) is 4.12. The van der Waals surface area contributed by atoms with Crippen LogP contribution >= 0.6 is 0 Å². The molecule has 1 N–H and O–H groups in total. The molecule has 1 amide bonds. The summed E-state index contributed by atoms with van der Waals surface area (Å²) >= 11 is 0. The summed E-state index contributed by atoms with van der Waals surface area (Å²) in [5.74, 6) is -0.430. The van der Waals surface area contributed by atoms with Crippen molar-refractivity contribution in [3.05, 3.63) is 59.7 Å². The number of halogens is 3. The molecule has 0 spiro atoms. The molecular formula is C22H25F3N2O3. The number of nitrogens with one attached hydrogen (secondary N) is 1. The van der Waals surface area contributed by atoms with Gasteiger partial charge in [-0.05, 0) is 43.6 Å². The van der Waals surface area contributed by atoms with Crippen molar-refractivity contribution in [3.63, 3.8) is 0 Å². The second kappa shape index (κ2) is 9.84. The zero-order valence-electron chi connectivity index (χ0n) is 16.7. The maximum absolute atomic E-state index is 12.7. The number of alkyl halides is 3. The van der Waals surface area contributed by atoms with Crippen LogP contribution in [0.15, 0.2) is 48.5 Å². The smallest absolute Gasteiger partial charge is 0.497 e. The minimum Gasteiger partial charge on any atom is -0.497 e. The fraction of sp³-hybridized carbons (Fsp3) is 0.409. The monoisotopic (exact) mass is 422 g/mol. The van der Waals surface area contributed by atoms with E-state index in [1.54, 1.807) is 0 Å². The summed E-state index contributed by atoms with van der Waals surface area (Å²) in [5.41, 5.74) is 1.47. The van der Waals surface area contributed by atoms with Gasteiger partial charge in [-0.25, -0.2) is 0 Å². The van der Waals surface area contributed by atoms with Crippen molar-refractivity contribution >= 4 is 5.91 Å². The average Bonchev–Trinajstić information content (AvgIpc) is 2.72. The van der Waals surface area contributed by atoms with E-state index in [4.69, 9.17) is 4.74 Å². The van der Waals surface area contributed by atoms with Crippen LogP contribution in [0, 0.1) is 5.92 Å². The minimum atomic E-state index is -4.82. The van der Waals surface area contributed by atoms with Gasteiger partial charge in [0.15, 0.2) is 0 Å². The Morgan fingerprint density at radius 1 is 1.13 bits per heavy atom. The molecule has 1 saturated heterocycles. The lowest BCUT2D eigenvalue weighted by Crippen LogP contribution is -2.40. The number of hydrogen-bond acceptors (Lipinski definition) is 4. The van der Waals surface area contributed by atoms with E-state index in [9.17, 15) is 18.0 Å². The Kier molecular flexibility index (Phi) is 7.20. The first-order chi connectivity index (χ1) is 14.3. The Hall–Kier alpha value is -2.74. The van der Waals surface area contributed by atoms with Crippen LogP contribution in [0.2, 0.25) is 0 Å². The highest BCUT2D eigenvalue weighted by Crippen LogP contribution is 2.30. The van der Waals surface area contributed by atoms with Crippen molar-refractivity contribution in [3.8, 4) is 11.5 Å². The zero-order chi connectivity index (χ0) is 21.6. The second-order valence-electron chi connectivity index (χ2n) is 7.28. The van der Waals surface area contributed by atoms with Crippen molar-refractivity contribution in [1.29, 1.82) is 0 Å². The minimum absolute atomic E-state index is 0.0432. The van der Waals surface area contributed by atoms with Gasteiger partial charge in [-0.15, -0.1) is 13.2 Å². The van der Waals surface area contributed by atoms with E-state index in [1.807, 2.05) is 18.2 Å². The number of nitrogens with zero attached hydrogens (tertiary/aromatic N) is 1. The second-order valence-corrected chi connectivity index (χ2v) is 7.28. The molecule has 2 aromatic rings. The van der Waals surface area contributed by atoms with Gasteiger partial charge in [0.2, 0.25) is 5.91 Å². The van der Waals surface area contributed by atoms with Crippen LogP contribution in [-0.4, -0.2) is 37.4 Å². The standard InChI is InChI=1S/C22H25F3N2O3/c1-29-19-8-7-18(20(13-19)30-22(23,24)25)14-26-21(28)17-9-11-27(12-10-17)15-16-5-3-2-4-6-16/h2-8,13,17H,9-12,14-15H2,1H3,(H,26,28). The number of piperidine rings is 1. The van der Waals surface area contributed by atoms with Crippen LogP contribution < -0.4 is 14.8 Å². The predicted molar refractivity (Wildman–Crippen MR) is 106 cm³/mol. The van der Waals surface area contributed by atoms with Crippen molar-refractivity contribution in [2.45, 2.75) is 32.3 Å². The highest BCUT2D eigenvalue weighted by Gasteiger charge is 2.32. The van der Waals surface area contributed by atoms with E-state index >= 15 is 0 Å². The van der Waals surface area contributed by atoms with Crippen LogP contribution in [-0.2, 0) is 17.9 Å². The molecule has 162 valence electrons. The fourth-order valence-electron chi connectivity index (χ4n) is 3.55. The quantitative estimate of drug-likeness (QED) is 0.729. The molecule has 30 heavy (non-hydrogen) atoms. The zero-order valence-corrected chi connectivity index (χ0v) is 16.7. The molecule has 0 atom stereocenters. The first kappa shape index (κ1) is 22.0. The lowest BCUT2D eigenvalue weighted by molar-refractivity contribution is -0.274. The lowest BCUT2D eigenvalue weighted by Gasteiger charge is -2.31. The van der Waals surface area contributed by atoms with Crippen LogP contribution in [0.1, 0.15) is 24.0 Å². The number of carbonyl (C=O) groups excluding carboxylic acids is 1. The highest BCUT2D eigenvalue weighted by molar-refractivity contribution is 5.78. The maximum Gasteiger partial charge on any atom is 0.573 e. The van der Waals surface area contributed by atoms with E-state index < -0.39 is 6.36 Å². The molecule has 1 aliphatic rings. The average molecular weight is 422 g/mol. The summed E-state index contributed by atoms with van der Waals surface area (Å²) < 4.78 is 47.1. The van der Waals surface area contributed by atoms with Gasteiger partial charge in [-0.1, -0.05) is 30.3 Å². The van der Waals surface area contributed by atoms with Crippen molar-refractivity contribution in [2.24, 2.45) is 5.92 Å². The van der Waals surface area contributed by atoms with Gasteiger partial charge in [0.1, 0.15) is 11.5 Å². The third kappa shape index (κ3) is 6.38. The maximum atomic E-state index is 12.7. The molecule has 1 heterocycles. The molecule has 0 aliphatic carbocycles. The van der Waals surface area contributed by atoms with Crippen molar-refractivity contribution < 1.29 is 27.4 Å². The Morgan fingerprint density at radius 2 is 1.83 bits per heavy atom. The van der Waals surface area contributed by atoms with Gasteiger partial charge >= 0.3 is 6.36 Å². The van der Waals surface area contributed by atoms with Crippen LogP contribution in [0.25, 0.3) is 0 Å². The van der Waals surface area contributed by atoms with Gasteiger partial charge in [-0.3, -0.25) is 9.69 Å². The fourth-order valence-corrected chi connectivity index (χ4v) is 3.55. The number of rotatable bonds is 7. The molecule has 8 heteroatoms. The molecule has 3 rings (SSSR count). The molecular weight excluding hydrogens is 397 g/mol. The van der Waals surface area contributed by atoms with Crippen LogP contribution in [0.4, 0.5) is 13.2 Å². The number of amides is 1. The number of carbonyl (C=O) groups is 1. The molecule has 0 saturated carbocycles. The Bertz CT molecular complexity index is 835. The molecule has 5 nitrogen and oxygen atoms in total. The lowest BCUT2D eigenvalue weighted by atomic mass is 9.95. The molecule has 0 unspecified atom stereocenters. The molecule has 1 fully saturated rings. The third-order valence-electron chi connectivity index (χ3n) is 5.16. The van der Waals surface area contributed by atoms with Crippen LogP contribution in [0.3, 0.4) is 0 Å². The highest BCUT2D eigenvalue weighted by atomic mass is 19.4. The molecule has 2 aromatic carbocycles. The summed E-state index contributed by atoms with van der Waals surface area (Å²) in [6, 6.07) is 14.3. The van der Waals surface area contributed by atoms with Gasteiger partial charge in [0, 0.05) is 30.6 Å². The largest absolute Gasteiger partial charge is 0.573 e. The number of likely N-dealkylation sites (tertiary alicyclic amines) is 1. The summed E-state index contributed by atoms with van der Waals surface area (Å²) in [7, 11) is 1.36. The SMILES string of the molecule is COc1ccc(CNC(=O)C2CCN(Cc3ccccc3)CC2)c(OC(F)(F)F)c1. The summed E-state index contributed by atoms with van der Waals surface area (Å²) in [6.45, 7) is 2.41.